The lowest BCUT2D eigenvalue weighted by atomic mass is 10.1. The normalized spacial score (nSPS) is 10.5. The van der Waals surface area contributed by atoms with Crippen LogP contribution in [0.5, 0.6) is 0 Å². The summed E-state index contributed by atoms with van der Waals surface area (Å²) in [6.45, 7) is 2.46. The number of hydrogen-bond donors (Lipinski definition) is 1. The van der Waals surface area contributed by atoms with Gasteiger partial charge in [0, 0.05) is 30.9 Å². The number of nitrogens with zero attached hydrogens (tertiary/aromatic N) is 2. The summed E-state index contributed by atoms with van der Waals surface area (Å²) >= 11 is 0. The van der Waals surface area contributed by atoms with E-state index in [9.17, 15) is 4.79 Å². The van der Waals surface area contributed by atoms with Crippen molar-refractivity contribution in [3.8, 4) is 0 Å². The van der Waals surface area contributed by atoms with E-state index >= 15 is 0 Å². The van der Waals surface area contributed by atoms with E-state index in [0.29, 0.717) is 12.1 Å². The average molecular weight is 229 g/mol. The molecule has 0 atom stereocenters. The zero-order valence-corrected chi connectivity index (χ0v) is 9.76. The van der Waals surface area contributed by atoms with Gasteiger partial charge < -0.3 is 5.73 Å². The molecule has 0 aliphatic rings. The highest BCUT2D eigenvalue weighted by Crippen LogP contribution is 2.08. The van der Waals surface area contributed by atoms with Crippen LogP contribution in [-0.4, -0.2) is 15.5 Å². The molecule has 1 aromatic heterocycles. The van der Waals surface area contributed by atoms with Gasteiger partial charge in [0.25, 0.3) is 5.91 Å². The fraction of sp³-hybridized carbons (Fsp3) is 0.231. The molecule has 0 aliphatic heterocycles. The molecule has 4 heteroatoms. The van der Waals surface area contributed by atoms with Crippen LogP contribution in [0, 0.1) is 0 Å². The maximum Gasteiger partial charge on any atom is 0.263 e. The van der Waals surface area contributed by atoms with Gasteiger partial charge in [-0.05, 0) is 17.7 Å². The van der Waals surface area contributed by atoms with E-state index in [2.05, 4.69) is 4.98 Å². The molecule has 88 valence electrons. The summed E-state index contributed by atoms with van der Waals surface area (Å²) in [6.07, 6.45) is 4.07. The van der Waals surface area contributed by atoms with Gasteiger partial charge in [0.2, 0.25) is 0 Å². The zero-order chi connectivity index (χ0) is 12.3. The Balaban J connectivity index is 2.30. The number of hydrogen-bond acceptors (Lipinski definition) is 3. The largest absolute Gasteiger partial charge is 0.326 e. The Labute approximate surface area is 100 Å². The van der Waals surface area contributed by atoms with Crippen LogP contribution < -0.4 is 5.73 Å². The topological polar surface area (TPSA) is 60.9 Å². The van der Waals surface area contributed by atoms with Gasteiger partial charge in [0.15, 0.2) is 0 Å². The van der Waals surface area contributed by atoms with Crippen LogP contribution in [0.15, 0.2) is 36.7 Å². The molecule has 0 saturated heterocycles. The molecule has 17 heavy (non-hydrogen) atoms. The van der Waals surface area contributed by atoms with E-state index in [1.807, 2.05) is 19.1 Å². The zero-order valence-electron chi connectivity index (χ0n) is 9.76. The highest BCUT2D eigenvalue weighted by atomic mass is 16.2. The molecule has 0 radical (unpaired) electrons. The van der Waals surface area contributed by atoms with Crippen molar-refractivity contribution in [3.05, 3.63) is 53.6 Å². The van der Waals surface area contributed by atoms with Gasteiger partial charge in [0.1, 0.15) is 5.82 Å². The minimum absolute atomic E-state index is 0.0529. The minimum Gasteiger partial charge on any atom is -0.326 e. The second-order valence-corrected chi connectivity index (χ2v) is 3.77. The predicted octanol–water partition coefficient (Wildman–Crippen LogP) is 1.59. The highest BCUT2D eigenvalue weighted by Gasteiger charge is 2.11. The molecule has 2 rings (SSSR count). The molecule has 0 amide bonds. The van der Waals surface area contributed by atoms with Gasteiger partial charge in [-0.2, -0.15) is 0 Å². The van der Waals surface area contributed by atoms with E-state index in [0.717, 1.165) is 17.8 Å². The van der Waals surface area contributed by atoms with Crippen LogP contribution in [0.25, 0.3) is 0 Å². The van der Waals surface area contributed by atoms with Gasteiger partial charge >= 0.3 is 0 Å². The van der Waals surface area contributed by atoms with Crippen LogP contribution in [-0.2, 0) is 13.0 Å². The molecule has 0 fully saturated rings. The van der Waals surface area contributed by atoms with E-state index in [1.54, 1.807) is 29.1 Å². The summed E-state index contributed by atoms with van der Waals surface area (Å²) in [6, 6.07) is 7.33. The molecule has 1 heterocycles. The monoisotopic (exact) mass is 229 g/mol. The van der Waals surface area contributed by atoms with Crippen molar-refractivity contribution in [2.45, 2.75) is 19.9 Å². The van der Waals surface area contributed by atoms with Crippen molar-refractivity contribution < 1.29 is 4.79 Å². The third-order valence-corrected chi connectivity index (χ3v) is 2.69. The van der Waals surface area contributed by atoms with Gasteiger partial charge in [0.05, 0.1) is 0 Å². The number of carbonyl (C=O) groups is 1. The molecule has 0 saturated carbocycles. The SMILES string of the molecule is CCc1nccn1C(=O)c1ccc(CN)cc1. The standard InChI is InChI=1S/C13H15N3O/c1-2-12-15-7-8-16(12)13(17)11-5-3-10(9-14)4-6-11/h3-8H,2,9,14H2,1H3. The van der Waals surface area contributed by atoms with Gasteiger partial charge in [-0.3, -0.25) is 9.36 Å². The Bertz CT molecular complexity index is 514. The molecular formula is C13H15N3O. The fourth-order valence-electron chi connectivity index (χ4n) is 1.70. The summed E-state index contributed by atoms with van der Waals surface area (Å²) in [5.41, 5.74) is 7.18. The number of aryl methyl sites for hydroxylation is 1. The molecule has 0 bridgehead atoms. The van der Waals surface area contributed by atoms with Crippen LogP contribution in [0.3, 0.4) is 0 Å². The Morgan fingerprint density at radius 3 is 2.65 bits per heavy atom. The van der Waals surface area contributed by atoms with Crippen molar-refractivity contribution in [1.29, 1.82) is 0 Å². The quantitative estimate of drug-likeness (QED) is 0.869. The second-order valence-electron chi connectivity index (χ2n) is 3.77. The first kappa shape index (κ1) is 11.5. The average Bonchev–Trinajstić information content (AvgIpc) is 2.86. The third-order valence-electron chi connectivity index (χ3n) is 2.69. The maximum absolute atomic E-state index is 12.2. The summed E-state index contributed by atoms with van der Waals surface area (Å²) in [5, 5.41) is 0. The van der Waals surface area contributed by atoms with Crippen molar-refractivity contribution in [2.24, 2.45) is 5.73 Å². The van der Waals surface area contributed by atoms with Crippen molar-refractivity contribution >= 4 is 5.91 Å². The third kappa shape index (κ3) is 2.26. The van der Waals surface area contributed by atoms with Gasteiger partial charge in [-0.1, -0.05) is 19.1 Å². The van der Waals surface area contributed by atoms with Crippen LogP contribution in [0.1, 0.15) is 28.7 Å². The van der Waals surface area contributed by atoms with Crippen LogP contribution >= 0.6 is 0 Å². The molecular weight excluding hydrogens is 214 g/mol. The lowest BCUT2D eigenvalue weighted by Crippen LogP contribution is -2.14. The van der Waals surface area contributed by atoms with Crippen molar-refractivity contribution in [2.75, 3.05) is 0 Å². The summed E-state index contributed by atoms with van der Waals surface area (Å²) in [7, 11) is 0. The van der Waals surface area contributed by atoms with Gasteiger partial charge in [-0.25, -0.2) is 4.98 Å². The van der Waals surface area contributed by atoms with Crippen LogP contribution in [0.2, 0.25) is 0 Å². The Morgan fingerprint density at radius 1 is 1.35 bits per heavy atom. The summed E-state index contributed by atoms with van der Waals surface area (Å²) in [5.74, 6) is 0.723. The number of aromatic nitrogens is 2. The van der Waals surface area contributed by atoms with Crippen LogP contribution in [0.4, 0.5) is 0 Å². The number of rotatable bonds is 3. The molecule has 2 aromatic rings. The predicted molar refractivity (Wildman–Crippen MR) is 65.7 cm³/mol. The fourth-order valence-corrected chi connectivity index (χ4v) is 1.70. The lowest BCUT2D eigenvalue weighted by Gasteiger charge is -2.05. The molecule has 2 N–H and O–H groups in total. The number of carbonyl (C=O) groups excluding carboxylic acids is 1. The number of imidazole rings is 1. The smallest absolute Gasteiger partial charge is 0.263 e. The Kier molecular flexibility index (Phi) is 3.35. The highest BCUT2D eigenvalue weighted by molar-refractivity contribution is 5.96. The van der Waals surface area contributed by atoms with E-state index < -0.39 is 0 Å². The van der Waals surface area contributed by atoms with Crippen molar-refractivity contribution in [3.63, 3.8) is 0 Å². The molecule has 0 aliphatic carbocycles. The Morgan fingerprint density at radius 2 is 2.06 bits per heavy atom. The molecule has 0 unspecified atom stereocenters. The molecule has 0 spiro atoms. The first-order chi connectivity index (χ1) is 8.26. The molecule has 1 aromatic carbocycles. The van der Waals surface area contributed by atoms with Gasteiger partial charge in [-0.15, -0.1) is 0 Å². The first-order valence-electron chi connectivity index (χ1n) is 5.62. The second kappa shape index (κ2) is 4.93. The van der Waals surface area contributed by atoms with E-state index in [-0.39, 0.29) is 5.91 Å². The Hall–Kier alpha value is -1.94. The summed E-state index contributed by atoms with van der Waals surface area (Å²) < 4.78 is 1.58. The number of benzene rings is 1. The number of nitrogens with two attached hydrogens (primary N) is 1. The van der Waals surface area contributed by atoms with E-state index in [4.69, 9.17) is 5.73 Å². The lowest BCUT2D eigenvalue weighted by molar-refractivity contribution is 0.0956. The first-order valence-corrected chi connectivity index (χ1v) is 5.62. The maximum atomic E-state index is 12.2. The molecule has 4 nitrogen and oxygen atoms in total. The summed E-state index contributed by atoms with van der Waals surface area (Å²) in [4.78, 5) is 16.3. The minimum atomic E-state index is -0.0529. The van der Waals surface area contributed by atoms with Crippen molar-refractivity contribution in [1.82, 2.24) is 9.55 Å². The van der Waals surface area contributed by atoms with E-state index in [1.165, 1.54) is 0 Å².